The van der Waals surface area contributed by atoms with Gasteiger partial charge in [-0.15, -0.1) is 0 Å². The second-order valence-corrected chi connectivity index (χ2v) is 9.46. The second kappa shape index (κ2) is 9.56. The number of benzene rings is 2. The molecule has 0 N–H and O–H groups in total. The summed E-state index contributed by atoms with van der Waals surface area (Å²) < 4.78 is 11.5. The minimum atomic E-state index is -0.183. The molecule has 2 amide bonds. The van der Waals surface area contributed by atoms with E-state index in [1.54, 1.807) is 11.9 Å². The van der Waals surface area contributed by atoms with Crippen LogP contribution in [-0.2, 0) is 17.8 Å². The zero-order chi connectivity index (χ0) is 24.5. The van der Waals surface area contributed by atoms with Gasteiger partial charge in [0.15, 0.2) is 12.3 Å². The van der Waals surface area contributed by atoms with Crippen molar-refractivity contribution in [2.75, 3.05) is 20.1 Å². The van der Waals surface area contributed by atoms with Crippen LogP contribution in [0, 0.1) is 12.8 Å². The van der Waals surface area contributed by atoms with E-state index in [2.05, 4.69) is 42.2 Å². The molecule has 1 unspecified atom stereocenters. The van der Waals surface area contributed by atoms with E-state index in [4.69, 9.17) is 9.15 Å². The van der Waals surface area contributed by atoms with Gasteiger partial charge < -0.3 is 19.0 Å². The lowest BCUT2D eigenvalue weighted by atomic mass is 9.87. The molecule has 3 aromatic rings. The number of carbonyl (C=O) groups is 2. The third-order valence-electron chi connectivity index (χ3n) is 6.90. The number of hydrogen-bond acceptors (Lipinski definition) is 5. The Labute approximate surface area is 205 Å². The van der Waals surface area contributed by atoms with Crippen molar-refractivity contribution in [3.05, 3.63) is 82.6 Å². The van der Waals surface area contributed by atoms with Crippen LogP contribution in [0.5, 0.6) is 5.75 Å². The molecule has 1 saturated carbocycles. The van der Waals surface area contributed by atoms with Gasteiger partial charge in [0.25, 0.3) is 5.91 Å². The van der Waals surface area contributed by atoms with Crippen LogP contribution in [-0.4, -0.2) is 46.7 Å². The topological polar surface area (TPSA) is 75.9 Å². The van der Waals surface area contributed by atoms with Gasteiger partial charge in [0.1, 0.15) is 12.0 Å². The van der Waals surface area contributed by atoms with Gasteiger partial charge in [-0.1, -0.05) is 35.9 Å². The Morgan fingerprint density at radius 2 is 1.94 bits per heavy atom. The summed E-state index contributed by atoms with van der Waals surface area (Å²) in [5, 5.41) is 0. The molecule has 0 saturated heterocycles. The molecule has 0 radical (unpaired) electrons. The summed E-state index contributed by atoms with van der Waals surface area (Å²) in [6, 6.07) is 14.4. The zero-order valence-electron chi connectivity index (χ0n) is 20.5. The molecule has 1 aliphatic heterocycles. The Hall–Kier alpha value is -3.61. The SMILES string of the molecule is CCN(C)C(=O)c1coc(COc2ccc3c(c2)C(c2ccc(C)cc2)N(C(=O)C2CC2)CC3)n1. The van der Waals surface area contributed by atoms with E-state index < -0.39 is 0 Å². The Kier molecular flexibility index (Phi) is 6.32. The average molecular weight is 474 g/mol. The molecule has 0 bridgehead atoms. The fourth-order valence-electron chi connectivity index (χ4n) is 4.55. The van der Waals surface area contributed by atoms with Crippen LogP contribution in [0.4, 0.5) is 0 Å². The Morgan fingerprint density at radius 3 is 2.66 bits per heavy atom. The van der Waals surface area contributed by atoms with Crippen molar-refractivity contribution in [1.29, 1.82) is 0 Å². The first-order valence-electron chi connectivity index (χ1n) is 12.3. The quantitative estimate of drug-likeness (QED) is 0.504. The average Bonchev–Trinajstić information content (AvgIpc) is 3.63. The summed E-state index contributed by atoms with van der Waals surface area (Å²) in [6.45, 7) is 5.40. The number of fused-ring (bicyclic) bond motifs is 1. The number of aryl methyl sites for hydroxylation is 1. The molecule has 2 aliphatic rings. The highest BCUT2D eigenvalue weighted by Crippen LogP contribution is 2.41. The summed E-state index contributed by atoms with van der Waals surface area (Å²) in [6.07, 6.45) is 4.17. The molecule has 1 atom stereocenters. The van der Waals surface area contributed by atoms with Gasteiger partial charge in [-0.2, -0.15) is 0 Å². The fraction of sp³-hybridized carbons (Fsp3) is 0.393. The Morgan fingerprint density at radius 1 is 1.17 bits per heavy atom. The number of ether oxygens (including phenoxy) is 1. The number of nitrogens with zero attached hydrogens (tertiary/aromatic N) is 3. The van der Waals surface area contributed by atoms with Crippen LogP contribution in [0.1, 0.15) is 64.4 Å². The first-order valence-corrected chi connectivity index (χ1v) is 12.3. The Bertz CT molecular complexity index is 1230. The van der Waals surface area contributed by atoms with Crippen LogP contribution in [0.15, 0.2) is 53.1 Å². The molecule has 2 aromatic carbocycles. The zero-order valence-corrected chi connectivity index (χ0v) is 20.5. The van der Waals surface area contributed by atoms with Crippen LogP contribution in [0.25, 0.3) is 0 Å². The fourth-order valence-corrected chi connectivity index (χ4v) is 4.55. The lowest BCUT2D eigenvalue weighted by Crippen LogP contribution is -2.41. The van der Waals surface area contributed by atoms with Gasteiger partial charge in [-0.3, -0.25) is 9.59 Å². The second-order valence-electron chi connectivity index (χ2n) is 9.46. The van der Waals surface area contributed by atoms with Gasteiger partial charge in [-0.05, 0) is 61.9 Å². The monoisotopic (exact) mass is 473 g/mol. The smallest absolute Gasteiger partial charge is 0.275 e. The minimum Gasteiger partial charge on any atom is -0.484 e. The van der Waals surface area contributed by atoms with E-state index in [1.165, 1.54) is 17.4 Å². The highest BCUT2D eigenvalue weighted by molar-refractivity contribution is 5.91. The molecule has 5 rings (SSSR count). The predicted octanol–water partition coefficient (Wildman–Crippen LogP) is 4.54. The van der Waals surface area contributed by atoms with E-state index in [-0.39, 0.29) is 36.1 Å². The largest absolute Gasteiger partial charge is 0.484 e. The van der Waals surface area contributed by atoms with Crippen molar-refractivity contribution >= 4 is 11.8 Å². The number of carbonyl (C=O) groups excluding carboxylic acids is 2. The molecular weight excluding hydrogens is 442 g/mol. The molecule has 1 fully saturated rings. The molecule has 2 heterocycles. The lowest BCUT2D eigenvalue weighted by molar-refractivity contribution is -0.134. The van der Waals surface area contributed by atoms with E-state index in [0.29, 0.717) is 18.2 Å². The van der Waals surface area contributed by atoms with E-state index in [1.807, 2.05) is 24.0 Å². The molecule has 0 spiro atoms. The standard InChI is InChI=1S/C28H31N3O4/c1-4-30(3)28(33)24-16-35-25(29-24)17-34-22-12-11-19-13-14-31(27(32)21-9-10-21)26(23(19)15-22)20-7-5-18(2)6-8-20/h5-8,11-12,15-16,21,26H,4,9-10,13-14,17H2,1-3H3. The van der Waals surface area contributed by atoms with E-state index in [0.717, 1.165) is 36.9 Å². The number of aromatic nitrogens is 1. The highest BCUT2D eigenvalue weighted by Gasteiger charge is 2.39. The maximum absolute atomic E-state index is 13.2. The van der Waals surface area contributed by atoms with Crippen molar-refractivity contribution in [3.8, 4) is 5.75 Å². The third-order valence-corrected chi connectivity index (χ3v) is 6.90. The van der Waals surface area contributed by atoms with Gasteiger partial charge in [0, 0.05) is 26.1 Å². The van der Waals surface area contributed by atoms with Crippen molar-refractivity contribution in [3.63, 3.8) is 0 Å². The van der Waals surface area contributed by atoms with Crippen molar-refractivity contribution < 1.29 is 18.7 Å². The molecule has 1 aliphatic carbocycles. The number of rotatable bonds is 7. The molecule has 7 nitrogen and oxygen atoms in total. The number of amides is 2. The van der Waals surface area contributed by atoms with Crippen molar-refractivity contribution in [2.24, 2.45) is 5.92 Å². The maximum Gasteiger partial charge on any atom is 0.275 e. The normalized spacial score (nSPS) is 17.1. The van der Waals surface area contributed by atoms with Gasteiger partial charge >= 0.3 is 0 Å². The van der Waals surface area contributed by atoms with Crippen LogP contribution in [0.2, 0.25) is 0 Å². The van der Waals surface area contributed by atoms with Crippen LogP contribution in [0.3, 0.4) is 0 Å². The minimum absolute atomic E-state index is 0.113. The highest BCUT2D eigenvalue weighted by atomic mass is 16.5. The summed E-state index contributed by atoms with van der Waals surface area (Å²) in [7, 11) is 1.72. The molecule has 7 heteroatoms. The van der Waals surface area contributed by atoms with Gasteiger partial charge in [0.2, 0.25) is 11.8 Å². The summed E-state index contributed by atoms with van der Waals surface area (Å²) >= 11 is 0. The lowest BCUT2D eigenvalue weighted by Gasteiger charge is -2.38. The Balaban J connectivity index is 1.39. The maximum atomic E-state index is 13.2. The van der Waals surface area contributed by atoms with E-state index >= 15 is 0 Å². The summed E-state index contributed by atoms with van der Waals surface area (Å²) in [4.78, 5) is 33.4. The predicted molar refractivity (Wildman–Crippen MR) is 131 cm³/mol. The third kappa shape index (κ3) is 4.81. The number of oxazole rings is 1. The molecule has 182 valence electrons. The first-order chi connectivity index (χ1) is 16.9. The van der Waals surface area contributed by atoms with Crippen molar-refractivity contribution in [1.82, 2.24) is 14.8 Å². The first kappa shape index (κ1) is 23.1. The van der Waals surface area contributed by atoms with Gasteiger partial charge in [0.05, 0.1) is 6.04 Å². The van der Waals surface area contributed by atoms with Crippen molar-refractivity contribution in [2.45, 2.75) is 45.8 Å². The van der Waals surface area contributed by atoms with Crippen LogP contribution < -0.4 is 4.74 Å². The molecule has 1 aromatic heterocycles. The summed E-state index contributed by atoms with van der Waals surface area (Å²) in [5.74, 6) is 1.26. The van der Waals surface area contributed by atoms with Crippen LogP contribution >= 0.6 is 0 Å². The molecule has 35 heavy (non-hydrogen) atoms. The molecular formula is C28H31N3O4. The summed E-state index contributed by atoms with van der Waals surface area (Å²) in [5.41, 5.74) is 4.90. The van der Waals surface area contributed by atoms with E-state index in [9.17, 15) is 9.59 Å². The van der Waals surface area contributed by atoms with Gasteiger partial charge in [-0.25, -0.2) is 4.98 Å². The number of hydrogen-bond donors (Lipinski definition) is 0.